The van der Waals surface area contributed by atoms with Crippen molar-refractivity contribution < 1.29 is 44.6 Å². The smallest absolute Gasteiger partial charge is 0.416 e. The van der Waals surface area contributed by atoms with Crippen molar-refractivity contribution in [3.63, 3.8) is 0 Å². The molecular weight excluding hydrogens is 647 g/mol. The van der Waals surface area contributed by atoms with Crippen LogP contribution in [-0.4, -0.2) is 0 Å². The van der Waals surface area contributed by atoms with E-state index in [1.807, 2.05) is 0 Å². The number of ether oxygens (including phenoxy) is 2. The summed E-state index contributed by atoms with van der Waals surface area (Å²) < 4.78 is 111. The van der Waals surface area contributed by atoms with Crippen LogP contribution in [0.25, 0.3) is 0 Å². The topological polar surface area (TPSA) is 18.5 Å². The predicted molar refractivity (Wildman–Crippen MR) is 137 cm³/mol. The maximum atomic E-state index is 12.7. The summed E-state index contributed by atoms with van der Waals surface area (Å²) in [4.78, 5) is 0. The summed E-state index contributed by atoms with van der Waals surface area (Å²) in [6.45, 7) is 0.341. The molecule has 2 nitrogen and oxygen atoms in total. The molecule has 0 N–H and O–H groups in total. The van der Waals surface area contributed by atoms with Gasteiger partial charge in [-0.15, -0.1) is 0 Å². The summed E-state index contributed by atoms with van der Waals surface area (Å²) in [5.41, 5.74) is 0.0426. The van der Waals surface area contributed by atoms with Gasteiger partial charge in [0, 0.05) is 0 Å². The van der Waals surface area contributed by atoms with Gasteiger partial charge < -0.3 is 9.47 Å². The second-order valence-corrected chi connectivity index (χ2v) is 9.16. The normalized spacial score (nSPS) is 11.4. The van der Waals surface area contributed by atoms with Gasteiger partial charge in [-0.3, -0.25) is 0 Å². The first kappa shape index (κ1) is 30.2. The van der Waals surface area contributed by atoms with Gasteiger partial charge >= 0.3 is 12.4 Å². The second kappa shape index (κ2) is 13.1. The molecule has 0 amide bonds. The van der Waals surface area contributed by atoms with Crippen LogP contribution in [0, 0.1) is 15.2 Å². The Bertz CT molecular complexity index is 1330. The number of benzene rings is 4. The zero-order chi connectivity index (χ0) is 28.6. The molecule has 0 aliphatic heterocycles. The number of hydrogen-bond acceptors (Lipinski definition) is 2. The van der Waals surface area contributed by atoms with Crippen LogP contribution in [0.2, 0.25) is 0 Å². The molecule has 206 valence electrons. The van der Waals surface area contributed by atoms with Crippen LogP contribution < -0.4 is 9.47 Å². The highest BCUT2D eigenvalue weighted by atomic mass is 127. The standard InChI is InChI=1S/C14H9F4IO.C14H10F4O/c15-11-4-1-9(2-5-11)8-20-13-6-3-10(7-12(13)19)14(16,17)18;15-12-5-1-10(2-6-12)9-19-13-7-3-11(4-8-13)14(16,17)18/h1-7H,8H2;1-8H,9H2. The Hall–Kier alpha value is -3.35. The van der Waals surface area contributed by atoms with Crippen LogP contribution in [0.5, 0.6) is 11.5 Å². The molecule has 39 heavy (non-hydrogen) atoms. The molecule has 0 atom stereocenters. The van der Waals surface area contributed by atoms with Gasteiger partial charge in [-0.05, 0) is 100 Å². The Morgan fingerprint density at radius 2 is 0.974 bits per heavy atom. The highest BCUT2D eigenvalue weighted by Crippen LogP contribution is 2.33. The van der Waals surface area contributed by atoms with Crippen molar-refractivity contribution >= 4 is 22.6 Å². The third-order valence-electron chi connectivity index (χ3n) is 5.07. The van der Waals surface area contributed by atoms with Crippen molar-refractivity contribution in [2.75, 3.05) is 0 Å². The average molecular weight is 666 g/mol. The van der Waals surface area contributed by atoms with Crippen molar-refractivity contribution in [2.45, 2.75) is 25.6 Å². The van der Waals surface area contributed by atoms with E-state index >= 15 is 0 Å². The van der Waals surface area contributed by atoms with Crippen LogP contribution in [-0.2, 0) is 25.6 Å². The van der Waals surface area contributed by atoms with Crippen LogP contribution >= 0.6 is 22.6 Å². The molecule has 0 unspecified atom stereocenters. The molecule has 4 aromatic carbocycles. The first-order valence-electron chi connectivity index (χ1n) is 11.1. The minimum Gasteiger partial charge on any atom is -0.489 e. The number of rotatable bonds is 6. The van der Waals surface area contributed by atoms with Crippen molar-refractivity contribution in [3.05, 3.63) is 128 Å². The molecule has 0 spiro atoms. The van der Waals surface area contributed by atoms with Gasteiger partial charge in [-0.25, -0.2) is 8.78 Å². The zero-order valence-electron chi connectivity index (χ0n) is 19.8. The number of hydrogen-bond donors (Lipinski definition) is 0. The minimum absolute atomic E-state index is 0.168. The largest absolute Gasteiger partial charge is 0.489 e. The molecule has 0 saturated heterocycles. The van der Waals surface area contributed by atoms with Gasteiger partial charge in [0.15, 0.2) is 0 Å². The lowest BCUT2D eigenvalue weighted by Gasteiger charge is -2.11. The van der Waals surface area contributed by atoms with Gasteiger partial charge in [-0.1, -0.05) is 24.3 Å². The molecular formula is C28H19F8IO2. The van der Waals surface area contributed by atoms with Crippen molar-refractivity contribution in [3.8, 4) is 11.5 Å². The summed E-state index contributed by atoms with van der Waals surface area (Å²) in [7, 11) is 0. The van der Waals surface area contributed by atoms with Gasteiger partial charge in [-0.2, -0.15) is 26.3 Å². The predicted octanol–water partition coefficient (Wildman–Crippen LogP) is 9.45. The zero-order valence-corrected chi connectivity index (χ0v) is 22.0. The molecule has 4 aromatic rings. The first-order valence-corrected chi connectivity index (χ1v) is 12.2. The van der Waals surface area contributed by atoms with Crippen molar-refractivity contribution in [1.82, 2.24) is 0 Å². The second-order valence-electron chi connectivity index (χ2n) is 8.00. The average Bonchev–Trinajstić information content (AvgIpc) is 2.88. The SMILES string of the molecule is Fc1ccc(COc2ccc(C(F)(F)F)cc2)cc1.Fc1ccc(COc2ccc(C(F)(F)F)cc2I)cc1. The van der Waals surface area contributed by atoms with Crippen molar-refractivity contribution in [1.29, 1.82) is 0 Å². The van der Waals surface area contributed by atoms with Gasteiger partial charge in [0.1, 0.15) is 36.3 Å². The summed E-state index contributed by atoms with van der Waals surface area (Å²) in [6.07, 6.45) is -8.72. The van der Waals surface area contributed by atoms with Crippen LogP contribution in [0.4, 0.5) is 35.1 Å². The van der Waals surface area contributed by atoms with E-state index in [4.69, 9.17) is 9.47 Å². The van der Waals surface area contributed by atoms with Gasteiger partial charge in [0.2, 0.25) is 0 Å². The highest BCUT2D eigenvalue weighted by molar-refractivity contribution is 14.1. The van der Waals surface area contributed by atoms with E-state index < -0.39 is 23.5 Å². The molecule has 0 bridgehead atoms. The summed E-state index contributed by atoms with van der Waals surface area (Å²) in [5.74, 6) is -0.00334. The summed E-state index contributed by atoms with van der Waals surface area (Å²) in [5, 5.41) is 0. The Labute approximate surface area is 232 Å². The minimum atomic E-state index is -4.37. The highest BCUT2D eigenvalue weighted by Gasteiger charge is 2.31. The molecule has 0 heterocycles. The lowest BCUT2D eigenvalue weighted by atomic mass is 10.2. The van der Waals surface area contributed by atoms with E-state index in [0.717, 1.165) is 35.4 Å². The van der Waals surface area contributed by atoms with E-state index in [2.05, 4.69) is 0 Å². The Morgan fingerprint density at radius 1 is 0.538 bits per heavy atom. The maximum absolute atomic E-state index is 12.7. The fourth-order valence-corrected chi connectivity index (χ4v) is 3.69. The lowest BCUT2D eigenvalue weighted by Crippen LogP contribution is -2.06. The molecule has 4 rings (SSSR count). The first-order chi connectivity index (χ1) is 18.3. The van der Waals surface area contributed by atoms with E-state index in [-0.39, 0.29) is 24.8 Å². The maximum Gasteiger partial charge on any atom is 0.416 e. The monoisotopic (exact) mass is 666 g/mol. The Kier molecular flexibility index (Phi) is 10.2. The lowest BCUT2D eigenvalue weighted by molar-refractivity contribution is -0.138. The Balaban J connectivity index is 0.000000216. The van der Waals surface area contributed by atoms with Crippen LogP contribution in [0.1, 0.15) is 22.3 Å². The fourth-order valence-electron chi connectivity index (χ4n) is 3.02. The third-order valence-corrected chi connectivity index (χ3v) is 5.91. The molecule has 0 aliphatic rings. The van der Waals surface area contributed by atoms with E-state index in [1.54, 1.807) is 46.9 Å². The van der Waals surface area contributed by atoms with Crippen LogP contribution in [0.15, 0.2) is 91.0 Å². The van der Waals surface area contributed by atoms with E-state index in [0.29, 0.717) is 15.1 Å². The van der Waals surface area contributed by atoms with E-state index in [1.165, 1.54) is 42.5 Å². The summed E-state index contributed by atoms with van der Waals surface area (Å²) >= 11 is 1.79. The van der Waals surface area contributed by atoms with Crippen LogP contribution in [0.3, 0.4) is 0 Å². The molecule has 0 aliphatic carbocycles. The van der Waals surface area contributed by atoms with Gasteiger partial charge in [0.25, 0.3) is 0 Å². The molecule has 11 heteroatoms. The fraction of sp³-hybridized carbons (Fsp3) is 0.143. The Morgan fingerprint density at radius 3 is 1.41 bits per heavy atom. The van der Waals surface area contributed by atoms with Gasteiger partial charge in [0.05, 0.1) is 14.7 Å². The number of halogens is 9. The quantitative estimate of drug-likeness (QED) is 0.151. The summed E-state index contributed by atoms with van der Waals surface area (Å²) in [6, 6.07) is 19.1. The molecule has 0 aromatic heterocycles. The van der Waals surface area contributed by atoms with E-state index in [9.17, 15) is 35.1 Å². The third kappa shape index (κ3) is 9.72. The molecule has 0 saturated carbocycles. The number of alkyl halides is 6. The van der Waals surface area contributed by atoms with Crippen molar-refractivity contribution in [2.24, 2.45) is 0 Å². The molecule has 0 fully saturated rings. The molecule has 0 radical (unpaired) electrons.